The van der Waals surface area contributed by atoms with Gasteiger partial charge in [0.1, 0.15) is 0 Å². The van der Waals surface area contributed by atoms with Gasteiger partial charge in [-0.25, -0.2) is 4.98 Å². The van der Waals surface area contributed by atoms with Crippen LogP contribution in [-0.2, 0) is 4.74 Å². The highest BCUT2D eigenvalue weighted by Gasteiger charge is 2.19. The molecule has 0 aliphatic carbocycles. The van der Waals surface area contributed by atoms with Crippen LogP contribution in [0.2, 0.25) is 0 Å². The molecule has 1 aliphatic heterocycles. The van der Waals surface area contributed by atoms with Crippen LogP contribution in [-0.4, -0.2) is 24.7 Å². The first-order valence-corrected chi connectivity index (χ1v) is 6.13. The van der Waals surface area contributed by atoms with Crippen LogP contribution in [0.1, 0.15) is 11.7 Å². The van der Waals surface area contributed by atoms with Crippen molar-refractivity contribution in [1.29, 1.82) is 0 Å². The van der Waals surface area contributed by atoms with Crippen molar-refractivity contribution in [2.75, 3.05) is 25.4 Å². The van der Waals surface area contributed by atoms with E-state index in [1.807, 2.05) is 12.1 Å². The molecule has 2 aromatic rings. The van der Waals surface area contributed by atoms with Gasteiger partial charge >= 0.3 is 0 Å². The summed E-state index contributed by atoms with van der Waals surface area (Å²) in [4.78, 5) is 4.38. The van der Waals surface area contributed by atoms with Gasteiger partial charge in [0.05, 0.1) is 22.9 Å². The number of hydrogen-bond donors (Lipinski definition) is 2. The highest BCUT2D eigenvalue weighted by Crippen LogP contribution is 2.31. The Kier molecular flexibility index (Phi) is 2.51. The lowest BCUT2D eigenvalue weighted by molar-refractivity contribution is 0.0285. The average Bonchev–Trinajstić information content (AvgIpc) is 2.70. The molecule has 4 nitrogen and oxygen atoms in total. The van der Waals surface area contributed by atoms with Gasteiger partial charge in [0.15, 0.2) is 5.13 Å². The molecule has 1 saturated heterocycles. The number of anilines is 1. The highest BCUT2D eigenvalue weighted by atomic mass is 32.1. The number of para-hydroxylation sites is 1. The van der Waals surface area contributed by atoms with Gasteiger partial charge in [-0.15, -0.1) is 0 Å². The second-order valence-corrected chi connectivity index (χ2v) is 4.87. The van der Waals surface area contributed by atoms with Crippen molar-refractivity contribution in [3.63, 3.8) is 0 Å². The fraction of sp³-hybridized carbons (Fsp3) is 0.364. The summed E-state index contributed by atoms with van der Waals surface area (Å²) in [5.41, 5.74) is 7.86. The van der Waals surface area contributed by atoms with Gasteiger partial charge in [-0.1, -0.05) is 23.5 Å². The number of thiazole rings is 1. The summed E-state index contributed by atoms with van der Waals surface area (Å²) >= 11 is 1.52. The zero-order chi connectivity index (χ0) is 11.0. The molecule has 3 rings (SSSR count). The van der Waals surface area contributed by atoms with Gasteiger partial charge < -0.3 is 15.8 Å². The van der Waals surface area contributed by atoms with E-state index in [2.05, 4.69) is 16.4 Å². The maximum absolute atomic E-state index is 5.74. The Bertz CT molecular complexity index is 505. The normalized spacial score (nSPS) is 21.4. The molecular weight excluding hydrogens is 222 g/mol. The van der Waals surface area contributed by atoms with Crippen molar-refractivity contribution >= 4 is 26.7 Å². The molecule has 0 spiro atoms. The monoisotopic (exact) mass is 235 g/mol. The number of nitrogens with two attached hydrogens (primary N) is 1. The van der Waals surface area contributed by atoms with E-state index < -0.39 is 0 Å². The number of nitrogen functional groups attached to an aromatic ring is 1. The number of nitrogens with one attached hydrogen (secondary N) is 1. The van der Waals surface area contributed by atoms with Crippen molar-refractivity contribution in [2.24, 2.45) is 0 Å². The van der Waals surface area contributed by atoms with Gasteiger partial charge in [0, 0.05) is 18.7 Å². The molecule has 16 heavy (non-hydrogen) atoms. The molecule has 84 valence electrons. The van der Waals surface area contributed by atoms with E-state index in [1.165, 1.54) is 11.3 Å². The number of ether oxygens (including phenoxy) is 1. The van der Waals surface area contributed by atoms with Crippen LogP contribution in [0.5, 0.6) is 0 Å². The van der Waals surface area contributed by atoms with E-state index in [-0.39, 0.29) is 6.10 Å². The van der Waals surface area contributed by atoms with Crippen molar-refractivity contribution < 1.29 is 4.74 Å². The van der Waals surface area contributed by atoms with Crippen LogP contribution in [0.25, 0.3) is 10.2 Å². The molecule has 3 N–H and O–H groups in total. The van der Waals surface area contributed by atoms with E-state index >= 15 is 0 Å². The van der Waals surface area contributed by atoms with Gasteiger partial charge in [-0.2, -0.15) is 0 Å². The molecule has 1 fully saturated rings. The highest BCUT2D eigenvalue weighted by molar-refractivity contribution is 7.22. The summed E-state index contributed by atoms with van der Waals surface area (Å²) in [5, 5.41) is 3.94. The summed E-state index contributed by atoms with van der Waals surface area (Å²) in [6.45, 7) is 2.52. The van der Waals surface area contributed by atoms with Gasteiger partial charge in [-0.05, 0) is 6.07 Å². The van der Waals surface area contributed by atoms with Gasteiger partial charge in [-0.3, -0.25) is 0 Å². The maximum atomic E-state index is 5.74. The molecular formula is C11H13N3OS. The lowest BCUT2D eigenvalue weighted by Gasteiger charge is -2.24. The Morgan fingerprint density at radius 1 is 1.50 bits per heavy atom. The van der Waals surface area contributed by atoms with E-state index in [1.54, 1.807) is 0 Å². The molecule has 1 aliphatic rings. The summed E-state index contributed by atoms with van der Waals surface area (Å²) in [6, 6.07) is 6.15. The van der Waals surface area contributed by atoms with Crippen molar-refractivity contribution in [1.82, 2.24) is 10.3 Å². The fourth-order valence-corrected chi connectivity index (χ4v) is 2.78. The summed E-state index contributed by atoms with van der Waals surface area (Å²) in [6.07, 6.45) is 0.0962. The lowest BCUT2D eigenvalue weighted by atomic mass is 10.1. The minimum atomic E-state index is 0.0962. The Hall–Kier alpha value is -1.17. The first kappa shape index (κ1) is 10.0. The summed E-state index contributed by atoms with van der Waals surface area (Å²) < 4.78 is 6.87. The summed E-state index contributed by atoms with van der Waals surface area (Å²) in [7, 11) is 0. The number of benzene rings is 1. The number of rotatable bonds is 1. The van der Waals surface area contributed by atoms with Crippen LogP contribution >= 0.6 is 11.3 Å². The number of hydrogen-bond acceptors (Lipinski definition) is 5. The molecule has 1 atom stereocenters. The van der Waals surface area contributed by atoms with Crippen LogP contribution in [0.3, 0.4) is 0 Å². The first-order valence-electron chi connectivity index (χ1n) is 5.32. The summed E-state index contributed by atoms with van der Waals surface area (Å²) in [5.74, 6) is 0. The van der Waals surface area contributed by atoms with E-state index in [9.17, 15) is 0 Å². The molecule has 0 amide bonds. The molecule has 0 radical (unpaired) electrons. The molecule has 2 heterocycles. The molecule has 0 bridgehead atoms. The van der Waals surface area contributed by atoms with Crippen LogP contribution < -0.4 is 11.1 Å². The smallest absolute Gasteiger partial charge is 0.181 e. The minimum absolute atomic E-state index is 0.0962. The second kappa shape index (κ2) is 4.01. The zero-order valence-corrected chi connectivity index (χ0v) is 9.59. The SMILES string of the molecule is Nc1nc2c(C3CNCCO3)cccc2s1. The maximum Gasteiger partial charge on any atom is 0.181 e. The van der Waals surface area contributed by atoms with Crippen LogP contribution in [0.4, 0.5) is 5.13 Å². The quantitative estimate of drug-likeness (QED) is 0.787. The molecule has 1 aromatic carbocycles. The topological polar surface area (TPSA) is 60.2 Å². The lowest BCUT2D eigenvalue weighted by Crippen LogP contribution is -2.33. The Balaban J connectivity index is 2.07. The predicted octanol–water partition coefficient (Wildman–Crippen LogP) is 1.54. The van der Waals surface area contributed by atoms with E-state index in [0.29, 0.717) is 5.13 Å². The third-order valence-corrected chi connectivity index (χ3v) is 3.59. The number of morpholine rings is 1. The van der Waals surface area contributed by atoms with E-state index in [0.717, 1.165) is 35.5 Å². The minimum Gasteiger partial charge on any atom is -0.375 e. The Morgan fingerprint density at radius 2 is 2.44 bits per heavy atom. The molecule has 0 saturated carbocycles. The largest absolute Gasteiger partial charge is 0.375 e. The van der Waals surface area contributed by atoms with Crippen molar-refractivity contribution in [3.8, 4) is 0 Å². The average molecular weight is 235 g/mol. The van der Waals surface area contributed by atoms with Crippen molar-refractivity contribution in [2.45, 2.75) is 6.10 Å². The third kappa shape index (κ3) is 1.67. The van der Waals surface area contributed by atoms with Crippen LogP contribution in [0, 0.1) is 0 Å². The van der Waals surface area contributed by atoms with Crippen LogP contribution in [0.15, 0.2) is 18.2 Å². The second-order valence-electron chi connectivity index (χ2n) is 3.81. The molecule has 1 aromatic heterocycles. The number of nitrogens with zero attached hydrogens (tertiary/aromatic N) is 1. The van der Waals surface area contributed by atoms with E-state index in [4.69, 9.17) is 10.5 Å². The Labute approximate surface area is 97.4 Å². The van der Waals surface area contributed by atoms with Gasteiger partial charge in [0.25, 0.3) is 0 Å². The Morgan fingerprint density at radius 3 is 3.25 bits per heavy atom. The zero-order valence-electron chi connectivity index (χ0n) is 8.77. The fourth-order valence-electron chi connectivity index (χ4n) is 2.01. The molecule has 1 unspecified atom stereocenters. The molecule has 5 heteroatoms. The predicted molar refractivity (Wildman–Crippen MR) is 65.6 cm³/mol. The number of aromatic nitrogens is 1. The van der Waals surface area contributed by atoms with Gasteiger partial charge in [0.2, 0.25) is 0 Å². The number of fused-ring (bicyclic) bond motifs is 1. The third-order valence-electron chi connectivity index (χ3n) is 2.74. The standard InChI is InChI=1S/C11H13N3OS/c12-11-14-10-7(2-1-3-9(10)16-11)8-6-13-4-5-15-8/h1-3,8,13H,4-6H2,(H2,12,14). The van der Waals surface area contributed by atoms with Crippen molar-refractivity contribution in [3.05, 3.63) is 23.8 Å². The first-order chi connectivity index (χ1) is 7.84.